The minimum absolute atomic E-state index is 0. The maximum absolute atomic E-state index is 12.5. The third-order valence-electron chi connectivity index (χ3n) is 4.31. The fourth-order valence-corrected chi connectivity index (χ4v) is 6.83. The zero-order chi connectivity index (χ0) is 14.2. The summed E-state index contributed by atoms with van der Waals surface area (Å²) in [6.07, 6.45) is 4.45. The molecule has 0 amide bonds. The Hall–Kier alpha value is 0.340. The Bertz CT molecular complexity index is 564. The van der Waals surface area contributed by atoms with Crippen molar-refractivity contribution in [3.05, 3.63) is 15.9 Å². The first-order valence-electron chi connectivity index (χ1n) is 7.06. The van der Waals surface area contributed by atoms with Gasteiger partial charge >= 0.3 is 0 Å². The summed E-state index contributed by atoms with van der Waals surface area (Å²) in [7, 11) is -3.29. The van der Waals surface area contributed by atoms with Crippen LogP contribution in [0, 0.1) is 5.92 Å². The van der Waals surface area contributed by atoms with Gasteiger partial charge in [-0.1, -0.05) is 0 Å². The van der Waals surface area contributed by atoms with Crippen LogP contribution in [-0.2, 0) is 10.0 Å². The Morgan fingerprint density at radius 1 is 1.24 bits per heavy atom. The van der Waals surface area contributed by atoms with Crippen LogP contribution in [0.4, 0.5) is 0 Å². The van der Waals surface area contributed by atoms with Gasteiger partial charge in [-0.2, -0.15) is 4.31 Å². The number of thiophene rings is 1. The second-order valence-electron chi connectivity index (χ2n) is 5.50. The minimum atomic E-state index is -3.29. The van der Waals surface area contributed by atoms with Crippen molar-refractivity contribution in [1.29, 1.82) is 0 Å². The third-order valence-corrected chi connectivity index (χ3v) is 8.30. The van der Waals surface area contributed by atoms with E-state index >= 15 is 0 Å². The molecule has 2 aliphatic heterocycles. The summed E-state index contributed by atoms with van der Waals surface area (Å²) in [5, 5.41) is 3.54. The third kappa shape index (κ3) is 3.82. The SMILES string of the molecule is Cl.O=S(=O)(c1ccc(Br)s1)N1CCC(C2CCCN2)CC1. The van der Waals surface area contributed by atoms with Gasteiger partial charge in [-0.25, -0.2) is 8.42 Å². The van der Waals surface area contributed by atoms with Crippen molar-refractivity contribution >= 4 is 49.7 Å². The van der Waals surface area contributed by atoms with Gasteiger partial charge in [0, 0.05) is 19.1 Å². The monoisotopic (exact) mass is 414 g/mol. The summed E-state index contributed by atoms with van der Waals surface area (Å²) in [6.45, 7) is 2.42. The fourth-order valence-electron chi connectivity index (χ4n) is 3.20. The van der Waals surface area contributed by atoms with Gasteiger partial charge in [0.1, 0.15) is 4.21 Å². The molecule has 2 aliphatic rings. The molecule has 0 spiro atoms. The predicted octanol–water partition coefficient (Wildman–Crippen LogP) is 3.09. The van der Waals surface area contributed by atoms with Gasteiger partial charge in [-0.3, -0.25) is 0 Å². The highest BCUT2D eigenvalue weighted by molar-refractivity contribution is 9.11. The van der Waals surface area contributed by atoms with E-state index in [2.05, 4.69) is 21.2 Å². The van der Waals surface area contributed by atoms with Crippen LogP contribution in [0.2, 0.25) is 0 Å². The second kappa shape index (κ2) is 7.27. The lowest BCUT2D eigenvalue weighted by atomic mass is 9.89. The lowest BCUT2D eigenvalue weighted by Crippen LogP contribution is -2.43. The number of piperidine rings is 1. The van der Waals surface area contributed by atoms with Gasteiger partial charge in [0.25, 0.3) is 10.0 Å². The van der Waals surface area contributed by atoms with Gasteiger partial charge in [0.05, 0.1) is 3.79 Å². The zero-order valence-corrected chi connectivity index (χ0v) is 15.7. The molecule has 2 fully saturated rings. The Morgan fingerprint density at radius 3 is 2.48 bits per heavy atom. The number of hydrogen-bond donors (Lipinski definition) is 1. The van der Waals surface area contributed by atoms with E-state index in [9.17, 15) is 8.42 Å². The molecule has 0 radical (unpaired) electrons. The molecule has 0 bridgehead atoms. The van der Waals surface area contributed by atoms with E-state index in [1.807, 2.05) is 0 Å². The molecule has 1 aromatic rings. The van der Waals surface area contributed by atoms with Gasteiger partial charge in [-0.05, 0) is 66.2 Å². The molecular weight excluding hydrogens is 396 g/mol. The lowest BCUT2D eigenvalue weighted by molar-refractivity contribution is 0.234. The van der Waals surface area contributed by atoms with Gasteiger partial charge in [0.2, 0.25) is 0 Å². The zero-order valence-electron chi connectivity index (χ0n) is 11.6. The van der Waals surface area contributed by atoms with Crippen LogP contribution < -0.4 is 5.32 Å². The van der Waals surface area contributed by atoms with Crippen molar-refractivity contribution in [2.24, 2.45) is 5.92 Å². The Morgan fingerprint density at radius 2 is 1.95 bits per heavy atom. The van der Waals surface area contributed by atoms with Crippen LogP contribution in [0.15, 0.2) is 20.1 Å². The van der Waals surface area contributed by atoms with Gasteiger partial charge in [-0.15, -0.1) is 23.7 Å². The average Bonchev–Trinajstić information content (AvgIpc) is 3.10. The van der Waals surface area contributed by atoms with Gasteiger partial charge in [0.15, 0.2) is 0 Å². The van der Waals surface area contributed by atoms with E-state index < -0.39 is 10.0 Å². The van der Waals surface area contributed by atoms with Crippen LogP contribution in [0.1, 0.15) is 25.7 Å². The summed E-state index contributed by atoms with van der Waals surface area (Å²) >= 11 is 4.62. The highest BCUT2D eigenvalue weighted by atomic mass is 79.9. The Balaban J connectivity index is 0.00000161. The van der Waals surface area contributed by atoms with Crippen LogP contribution in [0.3, 0.4) is 0 Å². The molecule has 0 saturated carbocycles. The molecular formula is C13H20BrClN2O2S2. The van der Waals surface area contributed by atoms with Crippen molar-refractivity contribution in [1.82, 2.24) is 9.62 Å². The normalized spacial score (nSPS) is 24.9. The summed E-state index contributed by atoms with van der Waals surface area (Å²) in [6, 6.07) is 4.09. The molecule has 1 unspecified atom stereocenters. The van der Waals surface area contributed by atoms with E-state index in [1.54, 1.807) is 16.4 Å². The first kappa shape index (κ1) is 17.7. The predicted molar refractivity (Wildman–Crippen MR) is 91.8 cm³/mol. The fraction of sp³-hybridized carbons (Fsp3) is 0.692. The largest absolute Gasteiger partial charge is 0.314 e. The first-order chi connectivity index (χ1) is 9.57. The molecule has 1 N–H and O–H groups in total. The van der Waals surface area contributed by atoms with Crippen molar-refractivity contribution in [2.75, 3.05) is 19.6 Å². The molecule has 0 aliphatic carbocycles. The number of nitrogens with one attached hydrogen (secondary N) is 1. The maximum atomic E-state index is 12.5. The van der Waals surface area contributed by atoms with Gasteiger partial charge < -0.3 is 5.32 Å². The molecule has 4 nitrogen and oxygen atoms in total. The number of nitrogens with zero attached hydrogens (tertiary/aromatic N) is 1. The summed E-state index contributed by atoms with van der Waals surface area (Å²) in [5.74, 6) is 0.638. The highest BCUT2D eigenvalue weighted by Crippen LogP contribution is 2.32. The standard InChI is InChI=1S/C13H19BrN2O2S2.ClH/c14-12-3-4-13(19-12)20(17,18)16-8-5-10(6-9-16)11-2-1-7-15-11;/h3-4,10-11,15H,1-2,5-9H2;1H. The lowest BCUT2D eigenvalue weighted by Gasteiger charge is -2.33. The number of sulfonamides is 1. The van der Waals surface area contributed by atoms with Crippen LogP contribution >= 0.6 is 39.7 Å². The number of rotatable bonds is 3. The van der Waals surface area contributed by atoms with E-state index in [4.69, 9.17) is 0 Å². The second-order valence-corrected chi connectivity index (χ2v) is 10.1. The molecule has 8 heteroatoms. The van der Waals surface area contributed by atoms with Crippen LogP contribution in [0.5, 0.6) is 0 Å². The summed E-state index contributed by atoms with van der Waals surface area (Å²) in [4.78, 5) is 0. The summed E-state index contributed by atoms with van der Waals surface area (Å²) in [5.41, 5.74) is 0. The maximum Gasteiger partial charge on any atom is 0.252 e. The molecule has 2 saturated heterocycles. The molecule has 3 rings (SSSR count). The molecule has 3 heterocycles. The number of hydrogen-bond acceptors (Lipinski definition) is 4. The van der Waals surface area contributed by atoms with E-state index in [-0.39, 0.29) is 12.4 Å². The van der Waals surface area contributed by atoms with Crippen molar-refractivity contribution < 1.29 is 8.42 Å². The topological polar surface area (TPSA) is 49.4 Å². The van der Waals surface area contributed by atoms with E-state index in [0.29, 0.717) is 29.3 Å². The van der Waals surface area contributed by atoms with Crippen molar-refractivity contribution in [2.45, 2.75) is 35.9 Å². The highest BCUT2D eigenvalue weighted by Gasteiger charge is 2.33. The average molecular weight is 416 g/mol. The summed E-state index contributed by atoms with van der Waals surface area (Å²) < 4.78 is 28.0. The molecule has 1 atom stereocenters. The van der Waals surface area contributed by atoms with E-state index in [1.165, 1.54) is 24.2 Å². The Labute approximate surface area is 144 Å². The molecule has 0 aromatic carbocycles. The molecule has 21 heavy (non-hydrogen) atoms. The Kier molecular flexibility index (Phi) is 6.13. The van der Waals surface area contributed by atoms with Crippen molar-refractivity contribution in [3.8, 4) is 0 Å². The molecule has 1 aromatic heterocycles. The minimum Gasteiger partial charge on any atom is -0.314 e. The smallest absolute Gasteiger partial charge is 0.252 e. The molecule has 120 valence electrons. The number of halogens is 2. The van der Waals surface area contributed by atoms with E-state index in [0.717, 1.165) is 23.2 Å². The van der Waals surface area contributed by atoms with Crippen molar-refractivity contribution in [3.63, 3.8) is 0 Å². The van der Waals surface area contributed by atoms with Crippen LogP contribution in [0.25, 0.3) is 0 Å². The van der Waals surface area contributed by atoms with Crippen LogP contribution in [-0.4, -0.2) is 38.4 Å². The first-order valence-corrected chi connectivity index (χ1v) is 10.1. The quantitative estimate of drug-likeness (QED) is 0.825.